The average molecular weight is 441 g/mol. The standard InChI is InChI=1S/C22H20FN3O4S/c23-17-4-5-20-16(12-17)14-30-22(27)26(20)18-7-10-25(11-8-18)31(28,29)21-3-1-2-15-13-24-9-6-19(15)21/h1-6,9,12-13,18H,7-8,10-11,14H2. The van der Waals surface area contributed by atoms with Crippen molar-refractivity contribution in [3.05, 3.63) is 66.2 Å². The molecule has 0 unspecified atom stereocenters. The molecule has 3 heterocycles. The molecule has 0 spiro atoms. The number of hydrogen-bond donors (Lipinski definition) is 0. The molecular weight excluding hydrogens is 421 g/mol. The van der Waals surface area contributed by atoms with E-state index in [9.17, 15) is 17.6 Å². The summed E-state index contributed by atoms with van der Waals surface area (Å²) < 4.78 is 46.9. The second kappa shape index (κ2) is 7.58. The molecule has 1 fully saturated rings. The van der Waals surface area contributed by atoms with Gasteiger partial charge in [0.05, 0.1) is 10.6 Å². The summed E-state index contributed by atoms with van der Waals surface area (Å²) >= 11 is 0. The van der Waals surface area contributed by atoms with E-state index in [0.29, 0.717) is 29.5 Å². The first kappa shape index (κ1) is 19.9. The van der Waals surface area contributed by atoms with Crippen molar-refractivity contribution in [1.82, 2.24) is 9.29 Å². The molecule has 2 aliphatic heterocycles. The van der Waals surface area contributed by atoms with E-state index in [2.05, 4.69) is 4.98 Å². The van der Waals surface area contributed by atoms with Gasteiger partial charge in [-0.05, 0) is 43.2 Å². The van der Waals surface area contributed by atoms with E-state index in [-0.39, 0.29) is 36.5 Å². The highest BCUT2D eigenvalue weighted by Crippen LogP contribution is 2.34. The van der Waals surface area contributed by atoms with Crippen molar-refractivity contribution in [2.75, 3.05) is 18.0 Å². The van der Waals surface area contributed by atoms with Gasteiger partial charge in [-0.1, -0.05) is 12.1 Å². The summed E-state index contributed by atoms with van der Waals surface area (Å²) in [6.07, 6.45) is 3.65. The second-order valence-corrected chi connectivity index (χ2v) is 9.59. The minimum Gasteiger partial charge on any atom is -0.444 e. The number of sulfonamides is 1. The molecule has 0 radical (unpaired) electrons. The number of nitrogens with zero attached hydrogens (tertiary/aromatic N) is 3. The molecule has 0 N–H and O–H groups in total. The highest BCUT2D eigenvalue weighted by molar-refractivity contribution is 7.89. The third-order valence-corrected chi connectivity index (χ3v) is 7.85. The Morgan fingerprint density at radius 3 is 2.71 bits per heavy atom. The van der Waals surface area contributed by atoms with Crippen molar-refractivity contribution in [2.24, 2.45) is 0 Å². The molecule has 0 saturated carbocycles. The van der Waals surface area contributed by atoms with Crippen molar-refractivity contribution in [1.29, 1.82) is 0 Å². The number of halogens is 1. The largest absolute Gasteiger partial charge is 0.444 e. The molecule has 1 saturated heterocycles. The number of benzene rings is 2. The number of anilines is 1. The fourth-order valence-corrected chi connectivity index (χ4v) is 6.04. The number of cyclic esters (lactones) is 1. The highest BCUT2D eigenvalue weighted by atomic mass is 32.2. The number of piperidine rings is 1. The number of amides is 1. The molecule has 5 rings (SSSR count). The number of ether oxygens (including phenoxy) is 1. The SMILES string of the molecule is O=C1OCc2cc(F)ccc2N1C1CCN(S(=O)(=O)c2cccc3cnccc23)CC1. The van der Waals surface area contributed by atoms with Gasteiger partial charge in [-0.15, -0.1) is 0 Å². The van der Waals surface area contributed by atoms with Gasteiger partial charge in [0.2, 0.25) is 10.0 Å². The Balaban J connectivity index is 1.39. The summed E-state index contributed by atoms with van der Waals surface area (Å²) in [6, 6.07) is 10.9. The Morgan fingerprint density at radius 2 is 1.90 bits per heavy atom. The zero-order chi connectivity index (χ0) is 21.6. The van der Waals surface area contributed by atoms with Crippen molar-refractivity contribution < 1.29 is 22.3 Å². The summed E-state index contributed by atoms with van der Waals surface area (Å²) in [7, 11) is -3.70. The fourth-order valence-electron chi connectivity index (χ4n) is 4.36. The maximum atomic E-state index is 13.6. The Labute approximate surface area is 179 Å². The lowest BCUT2D eigenvalue weighted by Gasteiger charge is -2.39. The number of rotatable bonds is 3. The van der Waals surface area contributed by atoms with Crippen molar-refractivity contribution in [2.45, 2.75) is 30.4 Å². The Bertz CT molecular complexity index is 1270. The van der Waals surface area contributed by atoms with Crippen LogP contribution in [0.15, 0.2) is 59.8 Å². The minimum absolute atomic E-state index is 0.0333. The average Bonchev–Trinajstić information content (AvgIpc) is 2.79. The van der Waals surface area contributed by atoms with Crippen LogP contribution in [0, 0.1) is 5.82 Å². The first-order valence-corrected chi connectivity index (χ1v) is 11.5. The highest BCUT2D eigenvalue weighted by Gasteiger charge is 2.37. The van der Waals surface area contributed by atoms with E-state index < -0.39 is 16.1 Å². The molecule has 2 aromatic carbocycles. The lowest BCUT2D eigenvalue weighted by Crippen LogP contribution is -2.50. The third-order valence-electron chi connectivity index (χ3n) is 5.90. The summed E-state index contributed by atoms with van der Waals surface area (Å²) in [6.45, 7) is 0.579. The zero-order valence-corrected chi connectivity index (χ0v) is 17.4. The van der Waals surface area contributed by atoms with E-state index in [1.807, 2.05) is 6.07 Å². The normalized spacial score (nSPS) is 18.1. The second-order valence-electron chi connectivity index (χ2n) is 7.69. The van der Waals surface area contributed by atoms with Gasteiger partial charge in [0, 0.05) is 47.9 Å². The molecule has 7 nitrogen and oxygen atoms in total. The van der Waals surface area contributed by atoms with E-state index in [0.717, 1.165) is 5.39 Å². The van der Waals surface area contributed by atoms with Crippen molar-refractivity contribution >= 4 is 32.6 Å². The summed E-state index contributed by atoms with van der Waals surface area (Å²) in [5.41, 5.74) is 1.24. The molecule has 9 heteroatoms. The van der Waals surface area contributed by atoms with Crippen LogP contribution in [0.4, 0.5) is 14.9 Å². The molecule has 2 aliphatic rings. The summed E-state index contributed by atoms with van der Waals surface area (Å²) in [5.74, 6) is -0.386. The van der Waals surface area contributed by atoms with Gasteiger partial charge in [-0.25, -0.2) is 17.6 Å². The van der Waals surface area contributed by atoms with E-state index in [1.165, 1.54) is 21.3 Å². The number of carbonyl (C=O) groups excluding carboxylic acids is 1. The van der Waals surface area contributed by atoms with Gasteiger partial charge in [-0.2, -0.15) is 4.31 Å². The van der Waals surface area contributed by atoms with Crippen LogP contribution in [0.2, 0.25) is 0 Å². The van der Waals surface area contributed by atoms with Gasteiger partial charge >= 0.3 is 6.09 Å². The van der Waals surface area contributed by atoms with Crippen LogP contribution in [-0.2, 0) is 21.4 Å². The smallest absolute Gasteiger partial charge is 0.414 e. The Kier molecular flexibility index (Phi) is 4.86. The monoisotopic (exact) mass is 441 g/mol. The lowest BCUT2D eigenvalue weighted by molar-refractivity contribution is 0.135. The fraction of sp³-hybridized carbons (Fsp3) is 0.273. The Morgan fingerprint density at radius 1 is 1.10 bits per heavy atom. The molecule has 1 aromatic heterocycles. The quantitative estimate of drug-likeness (QED) is 0.620. The number of pyridine rings is 1. The number of aromatic nitrogens is 1. The number of carbonyl (C=O) groups is 1. The number of fused-ring (bicyclic) bond motifs is 2. The molecular formula is C22H20FN3O4S. The summed E-state index contributed by atoms with van der Waals surface area (Å²) in [5, 5.41) is 1.40. The molecule has 3 aromatic rings. The van der Waals surface area contributed by atoms with Gasteiger partial charge in [0.25, 0.3) is 0 Å². The summed E-state index contributed by atoms with van der Waals surface area (Å²) in [4.78, 5) is 18.3. The van der Waals surface area contributed by atoms with Crippen LogP contribution in [0.3, 0.4) is 0 Å². The Hall–Kier alpha value is -3.04. The first-order chi connectivity index (χ1) is 14.9. The maximum absolute atomic E-state index is 13.6. The van der Waals surface area contributed by atoms with Crippen LogP contribution in [0.25, 0.3) is 10.8 Å². The topological polar surface area (TPSA) is 79.8 Å². The van der Waals surface area contributed by atoms with Crippen molar-refractivity contribution in [3.63, 3.8) is 0 Å². The molecule has 1 amide bonds. The van der Waals surface area contributed by atoms with Crippen LogP contribution in [0.5, 0.6) is 0 Å². The van der Waals surface area contributed by atoms with E-state index in [4.69, 9.17) is 4.74 Å². The van der Waals surface area contributed by atoms with Crippen LogP contribution < -0.4 is 4.90 Å². The third kappa shape index (κ3) is 3.43. The number of hydrogen-bond acceptors (Lipinski definition) is 5. The van der Waals surface area contributed by atoms with Gasteiger partial charge in [0.1, 0.15) is 12.4 Å². The predicted molar refractivity (Wildman–Crippen MR) is 113 cm³/mol. The van der Waals surface area contributed by atoms with Gasteiger partial charge < -0.3 is 4.74 Å². The zero-order valence-electron chi connectivity index (χ0n) is 16.6. The maximum Gasteiger partial charge on any atom is 0.414 e. The van der Waals surface area contributed by atoms with Crippen LogP contribution in [-0.4, -0.2) is 42.9 Å². The first-order valence-electron chi connectivity index (χ1n) is 10.0. The molecule has 160 valence electrons. The lowest BCUT2D eigenvalue weighted by atomic mass is 10.0. The molecule has 0 bridgehead atoms. The van der Waals surface area contributed by atoms with Crippen LogP contribution >= 0.6 is 0 Å². The van der Waals surface area contributed by atoms with Crippen LogP contribution in [0.1, 0.15) is 18.4 Å². The predicted octanol–water partition coefficient (Wildman–Crippen LogP) is 3.68. The van der Waals surface area contributed by atoms with Gasteiger partial charge in [0.15, 0.2) is 0 Å². The minimum atomic E-state index is -3.70. The van der Waals surface area contributed by atoms with Crippen molar-refractivity contribution in [3.8, 4) is 0 Å². The molecule has 0 atom stereocenters. The van der Waals surface area contributed by atoms with E-state index >= 15 is 0 Å². The molecule has 0 aliphatic carbocycles. The van der Waals surface area contributed by atoms with E-state index in [1.54, 1.807) is 36.7 Å². The van der Waals surface area contributed by atoms with Gasteiger partial charge in [-0.3, -0.25) is 9.88 Å². The molecule has 31 heavy (non-hydrogen) atoms.